The van der Waals surface area contributed by atoms with Gasteiger partial charge in [0.05, 0.1) is 17.6 Å². The van der Waals surface area contributed by atoms with Crippen molar-refractivity contribution in [1.29, 1.82) is 0 Å². The molecule has 1 aliphatic rings. The lowest BCUT2D eigenvalue weighted by atomic mass is 9.93. The Morgan fingerprint density at radius 3 is 2.18 bits per heavy atom. The summed E-state index contributed by atoms with van der Waals surface area (Å²) in [5.41, 5.74) is 5.29. The van der Waals surface area contributed by atoms with Gasteiger partial charge in [0.2, 0.25) is 10.0 Å². The first kappa shape index (κ1) is 24.4. The van der Waals surface area contributed by atoms with Crippen LogP contribution in [0.15, 0.2) is 95.4 Å². The van der Waals surface area contributed by atoms with Gasteiger partial charge in [0.25, 0.3) is 0 Å². The molecule has 1 aliphatic heterocycles. The Hall–Kier alpha value is -2.75. The maximum absolute atomic E-state index is 13.4. The van der Waals surface area contributed by atoms with Gasteiger partial charge in [-0.25, -0.2) is 13.2 Å². The highest BCUT2D eigenvalue weighted by Gasteiger charge is 2.30. The summed E-state index contributed by atoms with van der Waals surface area (Å²) in [6.07, 6.45) is 1.94. The molecule has 0 amide bonds. The molecule has 0 saturated carbocycles. The topological polar surface area (TPSA) is 63.7 Å². The molecule has 0 atom stereocenters. The molecular weight excluding hydrogens is 561 g/mol. The average molecular weight is 585 g/mol. The lowest BCUT2D eigenvalue weighted by Gasteiger charge is -2.29. The molecule has 0 radical (unpaired) electrons. The molecule has 3 aromatic rings. The summed E-state index contributed by atoms with van der Waals surface area (Å²) in [5.74, 6) is -0.394. The number of aryl methyl sites for hydroxylation is 1. The molecule has 0 aromatic heterocycles. The van der Waals surface area contributed by atoms with E-state index in [4.69, 9.17) is 4.74 Å². The Labute approximate surface area is 214 Å². The number of methoxy groups -OCH3 is 1. The number of rotatable bonds is 5. The molecule has 0 fully saturated rings. The maximum Gasteiger partial charge on any atom is 0.337 e. The van der Waals surface area contributed by atoms with Crippen LogP contribution in [0.3, 0.4) is 0 Å². The van der Waals surface area contributed by atoms with Crippen molar-refractivity contribution in [2.75, 3.05) is 20.2 Å². The van der Waals surface area contributed by atoms with Crippen LogP contribution in [0.5, 0.6) is 0 Å². The lowest BCUT2D eigenvalue weighted by Crippen LogP contribution is -2.36. The van der Waals surface area contributed by atoms with Gasteiger partial charge in [-0.15, -0.1) is 0 Å². The van der Waals surface area contributed by atoms with Gasteiger partial charge in [0.15, 0.2) is 0 Å². The number of sulfonamides is 1. The van der Waals surface area contributed by atoms with Gasteiger partial charge in [-0.2, -0.15) is 4.31 Å². The van der Waals surface area contributed by atoms with Crippen molar-refractivity contribution < 1.29 is 17.9 Å². The minimum absolute atomic E-state index is 0.244. The van der Waals surface area contributed by atoms with Gasteiger partial charge in [-0.1, -0.05) is 66.2 Å². The van der Waals surface area contributed by atoms with Crippen molar-refractivity contribution in [2.45, 2.75) is 11.8 Å². The summed E-state index contributed by atoms with van der Waals surface area (Å²) in [6, 6.07) is 24.0. The number of esters is 1. The molecule has 0 N–H and O–H groups in total. The molecule has 4 rings (SSSR count). The molecule has 7 heteroatoms. The van der Waals surface area contributed by atoms with Gasteiger partial charge in [-0.05, 0) is 76.1 Å². The average Bonchev–Trinajstić information content (AvgIpc) is 2.88. The minimum Gasteiger partial charge on any atom is -0.465 e. The molecule has 0 saturated heterocycles. The van der Waals surface area contributed by atoms with Gasteiger partial charge in [0, 0.05) is 16.7 Å². The smallest absolute Gasteiger partial charge is 0.337 e. The molecule has 0 bridgehead atoms. The molecule has 1 heterocycles. The second-order valence-corrected chi connectivity index (χ2v) is 11.0. The zero-order valence-corrected chi connectivity index (χ0v) is 21.8. The van der Waals surface area contributed by atoms with Crippen molar-refractivity contribution in [1.82, 2.24) is 4.31 Å². The monoisotopic (exact) mass is 585 g/mol. The fourth-order valence-corrected chi connectivity index (χ4v) is 6.00. The highest BCUT2D eigenvalue weighted by atomic mass is 127. The van der Waals surface area contributed by atoms with Gasteiger partial charge < -0.3 is 4.74 Å². The molecule has 0 spiro atoms. The van der Waals surface area contributed by atoms with Crippen molar-refractivity contribution in [3.05, 3.63) is 113 Å². The number of ether oxygens (including phenoxy) is 1. The Balaban J connectivity index is 1.78. The SMILES string of the molecule is COC(=O)c1ccc(C2=CCN(S(=O)(=O)c3ccc(C)cc3)C/C2=C(/I)c2ccccc2)cc1. The summed E-state index contributed by atoms with van der Waals surface area (Å²) in [6.45, 7) is 2.43. The Morgan fingerprint density at radius 1 is 0.912 bits per heavy atom. The summed E-state index contributed by atoms with van der Waals surface area (Å²) in [7, 11) is -2.31. The summed E-state index contributed by atoms with van der Waals surface area (Å²) < 4.78 is 34.1. The van der Waals surface area contributed by atoms with E-state index >= 15 is 0 Å². The van der Waals surface area contributed by atoms with Crippen LogP contribution in [-0.2, 0) is 14.8 Å². The van der Waals surface area contributed by atoms with Crippen molar-refractivity contribution in [3.8, 4) is 0 Å². The standard InChI is InChI=1S/C27H24INO4S/c1-19-8-14-23(15-9-19)34(31,32)29-17-16-24(20-10-12-22(13-11-20)27(30)33-2)25(18-29)26(28)21-6-4-3-5-7-21/h3-16H,17-18H2,1-2H3/b26-25-. The summed E-state index contributed by atoms with van der Waals surface area (Å²) >= 11 is 2.29. The van der Waals surface area contributed by atoms with Crippen LogP contribution in [0.25, 0.3) is 9.15 Å². The first-order valence-electron chi connectivity index (χ1n) is 10.7. The van der Waals surface area contributed by atoms with Crippen LogP contribution in [0.1, 0.15) is 27.0 Å². The van der Waals surface area contributed by atoms with E-state index in [1.54, 1.807) is 24.3 Å². The number of hydrogen-bond acceptors (Lipinski definition) is 4. The van der Waals surface area contributed by atoms with E-state index in [0.29, 0.717) is 5.56 Å². The van der Waals surface area contributed by atoms with Crippen LogP contribution >= 0.6 is 22.6 Å². The van der Waals surface area contributed by atoms with E-state index in [1.807, 2.05) is 67.6 Å². The maximum atomic E-state index is 13.4. The fourth-order valence-electron chi connectivity index (χ4n) is 3.83. The van der Waals surface area contributed by atoms with E-state index in [0.717, 1.165) is 31.4 Å². The van der Waals surface area contributed by atoms with E-state index < -0.39 is 16.0 Å². The van der Waals surface area contributed by atoms with Crippen molar-refractivity contribution in [3.63, 3.8) is 0 Å². The zero-order valence-electron chi connectivity index (χ0n) is 18.9. The molecular formula is C27H24INO4S. The number of carbonyl (C=O) groups is 1. The Bertz CT molecular complexity index is 1360. The second-order valence-electron chi connectivity index (χ2n) is 7.96. The van der Waals surface area contributed by atoms with Crippen molar-refractivity contribution in [2.24, 2.45) is 0 Å². The third-order valence-electron chi connectivity index (χ3n) is 5.73. The molecule has 0 aliphatic carbocycles. The largest absolute Gasteiger partial charge is 0.465 e. The predicted molar refractivity (Wildman–Crippen MR) is 143 cm³/mol. The summed E-state index contributed by atoms with van der Waals surface area (Å²) in [5, 5.41) is 0. The van der Waals surface area contributed by atoms with E-state index in [1.165, 1.54) is 11.4 Å². The van der Waals surface area contributed by atoms with Crippen LogP contribution in [0.4, 0.5) is 0 Å². The van der Waals surface area contributed by atoms with E-state index in [-0.39, 0.29) is 18.0 Å². The number of nitrogens with zero attached hydrogens (tertiary/aromatic N) is 1. The normalized spacial score (nSPS) is 16.0. The predicted octanol–water partition coefficient (Wildman–Crippen LogP) is 5.72. The highest BCUT2D eigenvalue weighted by Crippen LogP contribution is 2.38. The third kappa shape index (κ3) is 5.01. The van der Waals surface area contributed by atoms with Gasteiger partial charge in [-0.3, -0.25) is 0 Å². The van der Waals surface area contributed by atoms with Crippen LogP contribution in [-0.4, -0.2) is 38.9 Å². The van der Waals surface area contributed by atoms with E-state index in [2.05, 4.69) is 22.6 Å². The molecule has 0 unspecified atom stereocenters. The minimum atomic E-state index is -3.66. The Kier molecular flexibility index (Phi) is 7.35. The number of benzene rings is 3. The number of halogens is 1. The third-order valence-corrected chi connectivity index (χ3v) is 8.83. The fraction of sp³-hybridized carbons (Fsp3) is 0.148. The number of carbonyl (C=O) groups excluding carboxylic acids is 1. The summed E-state index contributed by atoms with van der Waals surface area (Å²) in [4.78, 5) is 12.1. The molecule has 5 nitrogen and oxygen atoms in total. The first-order chi connectivity index (χ1) is 16.3. The number of hydrogen-bond donors (Lipinski definition) is 0. The lowest BCUT2D eigenvalue weighted by molar-refractivity contribution is 0.0600. The molecule has 3 aromatic carbocycles. The Morgan fingerprint density at radius 2 is 1.56 bits per heavy atom. The molecule has 174 valence electrons. The molecule has 34 heavy (non-hydrogen) atoms. The van der Waals surface area contributed by atoms with Crippen LogP contribution < -0.4 is 0 Å². The second kappa shape index (κ2) is 10.2. The van der Waals surface area contributed by atoms with E-state index in [9.17, 15) is 13.2 Å². The van der Waals surface area contributed by atoms with Crippen LogP contribution in [0.2, 0.25) is 0 Å². The van der Waals surface area contributed by atoms with Crippen LogP contribution in [0, 0.1) is 6.92 Å². The first-order valence-corrected chi connectivity index (χ1v) is 13.2. The van der Waals surface area contributed by atoms with Gasteiger partial charge >= 0.3 is 5.97 Å². The highest BCUT2D eigenvalue weighted by molar-refractivity contribution is 14.1. The van der Waals surface area contributed by atoms with Crippen molar-refractivity contribution >= 4 is 47.7 Å². The quantitative estimate of drug-likeness (QED) is 0.284. The van der Waals surface area contributed by atoms with Gasteiger partial charge in [0.1, 0.15) is 0 Å². The zero-order chi connectivity index (χ0) is 24.3.